The minimum atomic E-state index is 0.0704. The van der Waals surface area contributed by atoms with E-state index in [1.165, 1.54) is 37.7 Å². The summed E-state index contributed by atoms with van der Waals surface area (Å²) in [7, 11) is 0. The fourth-order valence-corrected chi connectivity index (χ4v) is 3.49. The van der Waals surface area contributed by atoms with E-state index >= 15 is 0 Å². The molecule has 2 rings (SSSR count). The molecule has 0 aromatic heterocycles. The van der Waals surface area contributed by atoms with E-state index < -0.39 is 0 Å². The van der Waals surface area contributed by atoms with Gasteiger partial charge in [-0.05, 0) is 44.1 Å². The molecule has 1 heterocycles. The van der Waals surface area contributed by atoms with Crippen molar-refractivity contribution in [1.29, 1.82) is 0 Å². The Morgan fingerprint density at radius 3 is 2.71 bits per heavy atom. The zero-order valence-electron chi connectivity index (χ0n) is 15.1. The van der Waals surface area contributed by atoms with E-state index in [1.54, 1.807) is 0 Å². The number of aryl methyl sites for hydroxylation is 1. The van der Waals surface area contributed by atoms with Crippen LogP contribution in [-0.4, -0.2) is 36.7 Å². The quantitative estimate of drug-likeness (QED) is 0.599. The van der Waals surface area contributed by atoms with Crippen molar-refractivity contribution in [3.05, 3.63) is 29.8 Å². The third kappa shape index (κ3) is 7.61. The van der Waals surface area contributed by atoms with E-state index in [9.17, 15) is 0 Å². The Kier molecular flexibility index (Phi) is 9.11. The van der Waals surface area contributed by atoms with Gasteiger partial charge < -0.3 is 9.47 Å². The molecule has 0 bridgehead atoms. The molecule has 0 amide bonds. The lowest BCUT2D eigenvalue weighted by Gasteiger charge is -2.21. The molecule has 3 nitrogen and oxygen atoms in total. The van der Waals surface area contributed by atoms with Gasteiger partial charge in [0.05, 0.1) is 0 Å². The summed E-state index contributed by atoms with van der Waals surface area (Å²) in [5.74, 6) is 3.97. The van der Waals surface area contributed by atoms with E-state index in [4.69, 9.17) is 9.47 Å². The summed E-state index contributed by atoms with van der Waals surface area (Å²) < 4.78 is 12.2. The van der Waals surface area contributed by atoms with Crippen molar-refractivity contribution in [3.63, 3.8) is 0 Å². The molecule has 0 N–H and O–H groups in total. The van der Waals surface area contributed by atoms with Crippen molar-refractivity contribution in [2.75, 3.05) is 24.7 Å². The van der Waals surface area contributed by atoms with Gasteiger partial charge in [0.1, 0.15) is 18.5 Å². The van der Waals surface area contributed by atoms with Crippen LogP contribution in [0.2, 0.25) is 0 Å². The Bertz CT molecular complexity index is 487. The van der Waals surface area contributed by atoms with Gasteiger partial charge in [-0.15, -0.1) is 0 Å². The molecule has 24 heavy (non-hydrogen) atoms. The van der Waals surface area contributed by atoms with Crippen molar-refractivity contribution in [1.82, 2.24) is 0 Å². The summed E-state index contributed by atoms with van der Waals surface area (Å²) in [6.45, 7) is 5.79. The fraction of sp³-hybridized carbons (Fsp3) is 0.650. The Morgan fingerprint density at radius 2 is 1.92 bits per heavy atom. The second-order valence-corrected chi connectivity index (χ2v) is 7.53. The summed E-state index contributed by atoms with van der Waals surface area (Å²) in [5.41, 5.74) is 1.25. The van der Waals surface area contributed by atoms with Crippen molar-refractivity contribution in [2.24, 2.45) is 4.99 Å². The van der Waals surface area contributed by atoms with E-state index in [-0.39, 0.29) is 6.10 Å². The zero-order chi connectivity index (χ0) is 17.0. The van der Waals surface area contributed by atoms with Gasteiger partial charge in [0.2, 0.25) is 0 Å². The third-order valence-electron chi connectivity index (χ3n) is 4.00. The lowest BCUT2D eigenvalue weighted by atomic mass is 10.1. The van der Waals surface area contributed by atoms with Crippen LogP contribution in [0, 0.1) is 6.92 Å². The van der Waals surface area contributed by atoms with Crippen LogP contribution in [0.15, 0.2) is 29.3 Å². The van der Waals surface area contributed by atoms with Gasteiger partial charge in [0, 0.05) is 18.7 Å². The first-order valence-electron chi connectivity index (χ1n) is 9.25. The summed E-state index contributed by atoms with van der Waals surface area (Å²) >= 11 is 1.94. The van der Waals surface area contributed by atoms with Crippen LogP contribution in [0.25, 0.3) is 0 Å². The number of ether oxygens (including phenoxy) is 2. The second kappa shape index (κ2) is 11.4. The molecule has 1 unspecified atom stereocenters. The van der Waals surface area contributed by atoms with Gasteiger partial charge in [0.15, 0.2) is 5.90 Å². The number of benzene rings is 1. The number of aliphatic imine (C=N–C) groups is 1. The number of hydrogen-bond acceptors (Lipinski definition) is 4. The molecule has 0 radical (unpaired) electrons. The molecule has 1 aliphatic rings. The third-order valence-corrected chi connectivity index (χ3v) is 5.30. The van der Waals surface area contributed by atoms with Crippen molar-refractivity contribution in [2.45, 2.75) is 58.5 Å². The number of thioether (sulfide) groups is 1. The zero-order valence-corrected chi connectivity index (χ0v) is 15.9. The minimum Gasteiger partial charge on any atom is -0.490 e. The maximum absolute atomic E-state index is 6.22. The van der Waals surface area contributed by atoms with E-state index in [1.807, 2.05) is 23.9 Å². The van der Waals surface area contributed by atoms with Gasteiger partial charge in [-0.1, -0.05) is 37.5 Å². The summed E-state index contributed by atoms with van der Waals surface area (Å²) in [5, 5.41) is 0. The topological polar surface area (TPSA) is 30.8 Å². The minimum absolute atomic E-state index is 0.0704. The standard InChI is InChI=1S/C20H31NO2S/c1-3-14-24-16-19(15-22-18-11-9-17(2)10-12-18)23-20-8-6-4-5-7-13-21-20/h9-12,19H,3-8,13-16H2,1-2H3. The van der Waals surface area contributed by atoms with Crippen LogP contribution in [0.5, 0.6) is 5.75 Å². The second-order valence-electron chi connectivity index (χ2n) is 6.38. The van der Waals surface area contributed by atoms with Gasteiger partial charge in [0.25, 0.3) is 0 Å². The molecule has 0 fully saturated rings. The SMILES string of the molecule is CCCSCC(COc1ccc(C)cc1)OC1=NCCCCCC1. The van der Waals surface area contributed by atoms with E-state index in [0.717, 1.165) is 36.1 Å². The first-order valence-corrected chi connectivity index (χ1v) is 10.4. The van der Waals surface area contributed by atoms with E-state index in [2.05, 4.69) is 31.0 Å². The smallest absolute Gasteiger partial charge is 0.183 e. The molecular weight excluding hydrogens is 318 g/mol. The van der Waals surface area contributed by atoms with Crippen molar-refractivity contribution < 1.29 is 9.47 Å². The Hall–Kier alpha value is -1.16. The average Bonchev–Trinajstić information content (AvgIpc) is 2.56. The summed E-state index contributed by atoms with van der Waals surface area (Å²) in [6.07, 6.45) is 7.19. The molecule has 0 aliphatic carbocycles. The van der Waals surface area contributed by atoms with Crippen LogP contribution in [0.4, 0.5) is 0 Å². The highest BCUT2D eigenvalue weighted by molar-refractivity contribution is 7.99. The van der Waals surface area contributed by atoms with Crippen molar-refractivity contribution >= 4 is 17.7 Å². The van der Waals surface area contributed by atoms with Crippen LogP contribution in [0.1, 0.15) is 51.0 Å². The Labute approximate surface area is 151 Å². The first-order chi connectivity index (χ1) is 11.8. The number of hydrogen-bond donors (Lipinski definition) is 0. The van der Waals surface area contributed by atoms with Gasteiger partial charge in [-0.25, -0.2) is 0 Å². The molecule has 4 heteroatoms. The molecular formula is C20H31NO2S. The maximum Gasteiger partial charge on any atom is 0.183 e. The molecule has 0 spiro atoms. The number of rotatable bonds is 8. The molecule has 1 atom stereocenters. The lowest BCUT2D eigenvalue weighted by molar-refractivity contribution is 0.132. The highest BCUT2D eigenvalue weighted by atomic mass is 32.2. The normalized spacial score (nSPS) is 16.7. The summed E-state index contributed by atoms with van der Waals surface area (Å²) in [6, 6.07) is 8.21. The van der Waals surface area contributed by atoms with Crippen LogP contribution < -0.4 is 4.74 Å². The molecule has 0 saturated carbocycles. The highest BCUT2D eigenvalue weighted by Gasteiger charge is 2.15. The molecule has 0 saturated heterocycles. The molecule has 1 aromatic carbocycles. The Balaban J connectivity index is 1.88. The van der Waals surface area contributed by atoms with Gasteiger partial charge in [-0.2, -0.15) is 11.8 Å². The Morgan fingerprint density at radius 1 is 1.12 bits per heavy atom. The van der Waals surface area contributed by atoms with Gasteiger partial charge in [-0.3, -0.25) is 4.99 Å². The molecule has 1 aliphatic heterocycles. The average molecular weight is 350 g/mol. The van der Waals surface area contributed by atoms with Crippen LogP contribution in [-0.2, 0) is 4.74 Å². The van der Waals surface area contributed by atoms with Crippen LogP contribution in [0.3, 0.4) is 0 Å². The van der Waals surface area contributed by atoms with Crippen molar-refractivity contribution in [3.8, 4) is 5.75 Å². The molecule has 1 aromatic rings. The molecule has 134 valence electrons. The van der Waals surface area contributed by atoms with Gasteiger partial charge >= 0.3 is 0 Å². The highest BCUT2D eigenvalue weighted by Crippen LogP contribution is 2.16. The fourth-order valence-electron chi connectivity index (χ4n) is 2.61. The lowest BCUT2D eigenvalue weighted by Crippen LogP contribution is -2.28. The van der Waals surface area contributed by atoms with Crippen LogP contribution >= 0.6 is 11.8 Å². The maximum atomic E-state index is 6.22. The predicted molar refractivity (Wildman–Crippen MR) is 105 cm³/mol. The van der Waals surface area contributed by atoms with E-state index in [0.29, 0.717) is 6.61 Å². The number of nitrogens with zero attached hydrogens (tertiary/aromatic N) is 1. The summed E-state index contributed by atoms with van der Waals surface area (Å²) in [4.78, 5) is 4.65. The monoisotopic (exact) mass is 349 g/mol. The predicted octanol–water partition coefficient (Wildman–Crippen LogP) is 5.26. The first kappa shape index (κ1) is 19.2. The largest absolute Gasteiger partial charge is 0.490 e.